The van der Waals surface area contributed by atoms with Crippen LogP contribution in [0.25, 0.3) is 11.1 Å². The summed E-state index contributed by atoms with van der Waals surface area (Å²) in [5, 5.41) is 4.85. The third-order valence-electron chi connectivity index (χ3n) is 4.95. The Balaban J connectivity index is 1.72. The normalized spacial score (nSPS) is 15.9. The molecule has 138 valence electrons. The molecule has 0 saturated carbocycles. The molecule has 5 nitrogen and oxygen atoms in total. The second kappa shape index (κ2) is 6.87. The zero-order chi connectivity index (χ0) is 19.1. The number of fused-ring (bicyclic) bond motifs is 1. The van der Waals surface area contributed by atoms with Gasteiger partial charge in [0.25, 0.3) is 0 Å². The van der Waals surface area contributed by atoms with Gasteiger partial charge < -0.3 is 4.42 Å². The maximum absolute atomic E-state index is 5.65. The summed E-state index contributed by atoms with van der Waals surface area (Å²) >= 11 is 3.51. The molecular weight excluding hydrogens is 416 g/mol. The van der Waals surface area contributed by atoms with Crippen molar-refractivity contribution in [2.24, 2.45) is 4.99 Å². The van der Waals surface area contributed by atoms with E-state index in [2.05, 4.69) is 33.0 Å². The number of hydrogen-bond donors (Lipinski definition) is 0. The third kappa shape index (κ3) is 2.90. The van der Waals surface area contributed by atoms with E-state index in [-0.39, 0.29) is 6.04 Å². The van der Waals surface area contributed by atoms with E-state index in [9.17, 15) is 0 Å². The number of nitrogens with zero attached hydrogens (tertiary/aromatic N) is 4. The van der Waals surface area contributed by atoms with E-state index in [1.807, 2.05) is 60.3 Å². The quantitative estimate of drug-likeness (QED) is 0.415. The molecule has 5 rings (SSSR count). The molecule has 0 amide bonds. The highest BCUT2D eigenvalue weighted by Crippen LogP contribution is 2.41. The van der Waals surface area contributed by atoms with E-state index < -0.39 is 0 Å². The van der Waals surface area contributed by atoms with Crippen LogP contribution in [-0.4, -0.2) is 20.5 Å². The molecule has 0 N–H and O–H groups in total. The van der Waals surface area contributed by atoms with Crippen LogP contribution < -0.4 is 0 Å². The van der Waals surface area contributed by atoms with Gasteiger partial charge in [-0.25, -0.2) is 9.67 Å². The van der Waals surface area contributed by atoms with Gasteiger partial charge in [-0.15, -0.1) is 0 Å². The van der Waals surface area contributed by atoms with Crippen molar-refractivity contribution in [1.82, 2.24) is 14.8 Å². The number of aryl methyl sites for hydroxylation is 1. The van der Waals surface area contributed by atoms with Gasteiger partial charge in [-0.3, -0.25) is 4.98 Å². The molecule has 1 atom stereocenters. The van der Waals surface area contributed by atoms with Gasteiger partial charge in [-0.2, -0.15) is 5.10 Å². The first-order valence-corrected chi connectivity index (χ1v) is 9.87. The van der Waals surface area contributed by atoms with E-state index in [0.717, 1.165) is 44.3 Å². The molecule has 4 aromatic rings. The van der Waals surface area contributed by atoms with E-state index in [1.54, 1.807) is 6.26 Å². The van der Waals surface area contributed by atoms with Gasteiger partial charge in [0.15, 0.2) is 5.82 Å². The first-order chi connectivity index (χ1) is 13.7. The van der Waals surface area contributed by atoms with Crippen LogP contribution in [0.15, 0.2) is 80.9 Å². The fourth-order valence-corrected chi connectivity index (χ4v) is 3.92. The van der Waals surface area contributed by atoms with Gasteiger partial charge in [0.1, 0.15) is 11.8 Å². The van der Waals surface area contributed by atoms with Gasteiger partial charge in [0, 0.05) is 22.7 Å². The Morgan fingerprint density at radius 1 is 1.07 bits per heavy atom. The molecule has 28 heavy (non-hydrogen) atoms. The smallest absolute Gasteiger partial charge is 0.159 e. The lowest BCUT2D eigenvalue weighted by Gasteiger charge is -2.23. The van der Waals surface area contributed by atoms with E-state index >= 15 is 0 Å². The summed E-state index contributed by atoms with van der Waals surface area (Å²) in [6.45, 7) is 2.03. The number of halogens is 1. The molecule has 0 bridgehead atoms. The van der Waals surface area contributed by atoms with Crippen LogP contribution in [0.1, 0.15) is 29.6 Å². The van der Waals surface area contributed by atoms with Crippen LogP contribution >= 0.6 is 15.9 Å². The molecule has 1 aliphatic rings. The fourth-order valence-electron chi connectivity index (χ4n) is 3.66. The van der Waals surface area contributed by atoms with Gasteiger partial charge in [-0.05, 0) is 48.9 Å². The van der Waals surface area contributed by atoms with Crippen molar-refractivity contribution in [1.29, 1.82) is 0 Å². The number of furan rings is 1. The van der Waals surface area contributed by atoms with Crippen molar-refractivity contribution in [2.75, 3.05) is 0 Å². The lowest BCUT2D eigenvalue weighted by atomic mass is 10.0. The summed E-state index contributed by atoms with van der Waals surface area (Å²) in [5.74, 6) is 1.63. The summed E-state index contributed by atoms with van der Waals surface area (Å²) in [5.41, 5.74) is 4.95. The molecule has 0 unspecified atom stereocenters. The van der Waals surface area contributed by atoms with E-state index in [1.165, 1.54) is 0 Å². The van der Waals surface area contributed by atoms with Crippen LogP contribution in [0.5, 0.6) is 0 Å². The number of pyridine rings is 1. The number of benzene rings is 1. The lowest BCUT2D eigenvalue weighted by molar-refractivity contribution is 0.505. The zero-order valence-corrected chi connectivity index (χ0v) is 16.8. The van der Waals surface area contributed by atoms with E-state index in [0.29, 0.717) is 6.42 Å². The molecule has 6 heteroatoms. The Bertz CT molecular complexity index is 1150. The summed E-state index contributed by atoms with van der Waals surface area (Å²) in [6.07, 6.45) is 4.18. The maximum Gasteiger partial charge on any atom is 0.159 e. The zero-order valence-electron chi connectivity index (χ0n) is 15.2. The van der Waals surface area contributed by atoms with Gasteiger partial charge in [-0.1, -0.05) is 34.1 Å². The molecule has 3 aromatic heterocycles. The molecule has 0 fully saturated rings. The minimum absolute atomic E-state index is 0.0308. The molecule has 1 aliphatic heterocycles. The topological polar surface area (TPSA) is 56.2 Å². The number of hydrogen-bond acceptors (Lipinski definition) is 4. The Hall–Kier alpha value is -2.99. The molecular formula is C22H17BrN4O. The van der Waals surface area contributed by atoms with Crippen LogP contribution in [0.3, 0.4) is 0 Å². The summed E-state index contributed by atoms with van der Waals surface area (Å²) < 4.78 is 8.70. The van der Waals surface area contributed by atoms with Crippen molar-refractivity contribution in [3.05, 3.63) is 88.7 Å². The lowest BCUT2D eigenvalue weighted by Crippen LogP contribution is -2.21. The Morgan fingerprint density at radius 3 is 2.64 bits per heavy atom. The first kappa shape index (κ1) is 17.1. The van der Waals surface area contributed by atoms with Crippen molar-refractivity contribution >= 4 is 27.5 Å². The molecule has 0 radical (unpaired) electrons. The maximum atomic E-state index is 5.65. The van der Waals surface area contributed by atoms with Crippen molar-refractivity contribution in [2.45, 2.75) is 19.4 Å². The highest BCUT2D eigenvalue weighted by atomic mass is 79.9. The second-order valence-corrected chi connectivity index (χ2v) is 7.66. The standard InChI is InChI=1S/C22H17BrN4O/c1-14-21(15-7-9-16(23)10-8-15)22-25-18(20-6-4-12-28-20)13-19(27(22)26-14)17-5-2-3-11-24-17/h2-12,19H,13H2,1H3/t19-/m0/s1. The van der Waals surface area contributed by atoms with Gasteiger partial charge >= 0.3 is 0 Å². The minimum Gasteiger partial charge on any atom is -0.463 e. The van der Waals surface area contributed by atoms with Crippen molar-refractivity contribution < 1.29 is 4.42 Å². The van der Waals surface area contributed by atoms with Crippen molar-refractivity contribution in [3.8, 4) is 11.1 Å². The van der Waals surface area contributed by atoms with E-state index in [4.69, 9.17) is 14.5 Å². The molecule has 1 aromatic carbocycles. The SMILES string of the molecule is Cc1nn2c(c1-c1ccc(Br)cc1)N=C(c1ccco1)C[C@H]2c1ccccn1. The van der Waals surface area contributed by atoms with Crippen LogP contribution in [0.4, 0.5) is 5.82 Å². The summed E-state index contributed by atoms with van der Waals surface area (Å²) in [6, 6.07) is 18.0. The summed E-state index contributed by atoms with van der Waals surface area (Å²) in [4.78, 5) is 9.55. The predicted molar refractivity (Wildman–Crippen MR) is 112 cm³/mol. The van der Waals surface area contributed by atoms with Crippen molar-refractivity contribution in [3.63, 3.8) is 0 Å². The Labute approximate surface area is 170 Å². The average molecular weight is 433 g/mol. The van der Waals surface area contributed by atoms with Crippen LogP contribution in [-0.2, 0) is 0 Å². The van der Waals surface area contributed by atoms with Gasteiger partial charge in [0.05, 0.1) is 23.4 Å². The fraction of sp³-hybridized carbons (Fsp3) is 0.136. The first-order valence-electron chi connectivity index (χ1n) is 9.08. The Morgan fingerprint density at radius 2 is 1.93 bits per heavy atom. The predicted octanol–water partition coefficient (Wildman–Crippen LogP) is 5.72. The minimum atomic E-state index is -0.0308. The van der Waals surface area contributed by atoms with Crippen LogP contribution in [0.2, 0.25) is 0 Å². The number of aliphatic imine (C=N–C) groups is 1. The third-order valence-corrected chi connectivity index (χ3v) is 5.48. The molecule has 4 heterocycles. The van der Waals surface area contributed by atoms with Gasteiger partial charge in [0.2, 0.25) is 0 Å². The largest absolute Gasteiger partial charge is 0.463 e. The average Bonchev–Trinajstić information content (AvgIpc) is 3.36. The monoisotopic (exact) mass is 432 g/mol. The Kier molecular flexibility index (Phi) is 4.20. The highest BCUT2D eigenvalue weighted by Gasteiger charge is 2.31. The number of aromatic nitrogens is 3. The molecule has 0 aliphatic carbocycles. The molecule has 0 saturated heterocycles. The summed E-state index contributed by atoms with van der Waals surface area (Å²) in [7, 11) is 0. The van der Waals surface area contributed by atoms with Crippen LogP contribution in [0, 0.1) is 6.92 Å². The second-order valence-electron chi connectivity index (χ2n) is 6.75. The number of rotatable bonds is 3. The molecule has 0 spiro atoms. The highest BCUT2D eigenvalue weighted by molar-refractivity contribution is 9.10.